The highest BCUT2D eigenvalue weighted by molar-refractivity contribution is 6.62. The van der Waals surface area contributed by atoms with Gasteiger partial charge in [0.15, 0.2) is 0 Å². The van der Waals surface area contributed by atoms with Gasteiger partial charge >= 0.3 is 0 Å². The predicted molar refractivity (Wildman–Crippen MR) is 182 cm³/mol. The minimum atomic E-state index is -1.74. The number of likely N-dealkylation sites (tertiary alicyclic amines) is 1. The number of carbonyl (C=O) groups excluding carboxylic acids is 1. The first-order valence-electron chi connectivity index (χ1n) is 13.1. The molecule has 1 aromatic heterocycles. The summed E-state index contributed by atoms with van der Waals surface area (Å²) in [5.41, 5.74) is -0.437. The molecule has 0 spiro atoms. The van der Waals surface area contributed by atoms with Crippen LogP contribution < -0.4 is 5.32 Å². The molecule has 19 heteroatoms. The molecule has 0 aliphatic carbocycles. The van der Waals surface area contributed by atoms with Gasteiger partial charge in [-0.15, -0.1) is 0 Å². The van der Waals surface area contributed by atoms with Crippen LogP contribution in [0.2, 0.25) is 15.5 Å². The van der Waals surface area contributed by atoms with E-state index in [2.05, 4.69) is 38.8 Å². The second-order valence-electron chi connectivity index (χ2n) is 13.7. The van der Waals surface area contributed by atoms with Crippen molar-refractivity contribution in [3.05, 3.63) is 58.4 Å². The van der Waals surface area contributed by atoms with E-state index in [4.69, 9.17) is 11.6 Å². The highest BCUT2D eigenvalue weighted by Crippen LogP contribution is 2.64. The monoisotopic (exact) mass is 526 g/mol. The van der Waals surface area contributed by atoms with Crippen LogP contribution in [0.5, 0.6) is 0 Å². The standard InChI is InChI=1S/C19H32B11ClF2N4O/c20-15(21,22)9-4-35-12(36-5-9)6-34-7-14(33)16(23,24)18(27,28)37(19(29,30)17(14,25)26)13(38)8-1-2-11(32)10(31)3-8/h1-5,34H,6-7,20-30H2. The number of amides is 1. The molecular weight excluding hydrogens is 493 g/mol. The maximum atomic E-state index is 17.7. The smallest absolute Gasteiger partial charge is 0.252 e. The van der Waals surface area contributed by atoms with E-state index in [0.717, 1.165) is 5.56 Å². The van der Waals surface area contributed by atoms with Gasteiger partial charge in [-0.05, 0) is 44.9 Å². The van der Waals surface area contributed by atoms with Gasteiger partial charge in [0.2, 0.25) is 0 Å². The molecular formula is C19H32B11ClF2N4O. The number of hydrogen-bond donors (Lipinski definition) is 1. The lowest BCUT2D eigenvalue weighted by Crippen LogP contribution is -2.85. The van der Waals surface area contributed by atoms with Crippen LogP contribution in [-0.4, -0.2) is 130 Å². The molecule has 2 aromatic rings. The fraction of sp³-hybridized carbons (Fsp3) is 0.421. The summed E-state index contributed by atoms with van der Waals surface area (Å²) >= 11 is 6.01. The largest absolute Gasteiger partial charge is 0.361 e. The number of carbonyl (C=O) groups is 1. The van der Waals surface area contributed by atoms with Gasteiger partial charge < -0.3 is 10.2 Å². The van der Waals surface area contributed by atoms with E-state index in [1.54, 1.807) is 4.90 Å². The zero-order valence-electron chi connectivity index (χ0n) is 24.7. The third kappa shape index (κ3) is 4.76. The molecule has 1 N–H and O–H groups in total. The van der Waals surface area contributed by atoms with Gasteiger partial charge in [-0.3, -0.25) is 4.79 Å². The van der Waals surface area contributed by atoms with Crippen molar-refractivity contribution in [2.45, 2.75) is 38.4 Å². The average Bonchev–Trinajstić information content (AvgIpc) is 2.79. The van der Waals surface area contributed by atoms with Crippen LogP contribution in [-0.2, 0) is 11.7 Å². The van der Waals surface area contributed by atoms with E-state index in [-0.39, 0.29) is 28.2 Å². The second kappa shape index (κ2) is 9.90. The van der Waals surface area contributed by atoms with E-state index < -0.39 is 32.6 Å². The number of benzene rings is 1. The lowest BCUT2D eigenvalue weighted by molar-refractivity contribution is -0.0188. The molecule has 1 saturated heterocycles. The third-order valence-corrected chi connectivity index (χ3v) is 10.0. The summed E-state index contributed by atoms with van der Waals surface area (Å²) in [7, 11) is 21.4. The number of halogens is 3. The molecule has 0 unspecified atom stereocenters. The Kier molecular flexibility index (Phi) is 8.11. The number of alkyl halides is 1. The summed E-state index contributed by atoms with van der Waals surface area (Å²) in [5, 5.41) is -0.734. The summed E-state index contributed by atoms with van der Waals surface area (Å²) < 4.78 is 31.5. The fourth-order valence-electron chi connectivity index (χ4n) is 5.90. The number of nitrogens with zero attached hydrogens (tertiary/aromatic N) is 3. The molecule has 188 valence electrons. The van der Waals surface area contributed by atoms with Crippen LogP contribution in [0.15, 0.2) is 30.6 Å². The SMILES string of the molecule is BC(B)(B)c1cnc(CNCC2(F)C(B)(B)C(B)(B)N(C(=O)c3ccc(F)c(Cl)c3)C(B)(B)C2(B)B)nc1. The topological polar surface area (TPSA) is 58.1 Å². The molecule has 1 fully saturated rings. The van der Waals surface area contributed by atoms with E-state index in [0.29, 0.717) is 12.4 Å². The van der Waals surface area contributed by atoms with Gasteiger partial charge in [0.05, 0.1) is 35.1 Å². The Bertz CT molecular complexity index is 1200. The normalized spacial score (nSPS) is 21.0. The first-order valence-corrected chi connectivity index (χ1v) is 13.5. The molecule has 3 rings (SSSR count). The number of hydrogen-bond acceptors (Lipinski definition) is 4. The van der Waals surface area contributed by atoms with Gasteiger partial charge in [-0.1, -0.05) is 16.7 Å². The Balaban J connectivity index is 1.96. The van der Waals surface area contributed by atoms with Gasteiger partial charge in [0, 0.05) is 24.5 Å². The van der Waals surface area contributed by atoms with Crippen LogP contribution >= 0.6 is 11.6 Å². The number of rotatable bonds is 6. The van der Waals surface area contributed by atoms with Crippen molar-refractivity contribution in [1.29, 1.82) is 0 Å². The third-order valence-electron chi connectivity index (χ3n) is 9.75. The van der Waals surface area contributed by atoms with Gasteiger partial charge in [-0.2, -0.15) is 0 Å². The first kappa shape index (κ1) is 31.1. The van der Waals surface area contributed by atoms with Crippen LogP contribution in [0.1, 0.15) is 21.7 Å². The molecule has 1 aromatic carbocycles. The zero-order valence-corrected chi connectivity index (χ0v) is 25.4. The molecule has 38 heavy (non-hydrogen) atoms. The van der Waals surface area contributed by atoms with Crippen molar-refractivity contribution in [2.75, 3.05) is 6.54 Å². The number of aromatic nitrogens is 2. The van der Waals surface area contributed by atoms with Crippen LogP contribution in [0.3, 0.4) is 0 Å². The molecule has 0 radical (unpaired) electrons. The summed E-state index contributed by atoms with van der Waals surface area (Å²) in [4.78, 5) is 24.7. The number of nitrogens with one attached hydrogen (secondary N) is 1. The maximum absolute atomic E-state index is 17.7. The van der Waals surface area contributed by atoms with Crippen LogP contribution in [0.25, 0.3) is 0 Å². The quantitative estimate of drug-likeness (QED) is 0.382. The summed E-state index contributed by atoms with van der Waals surface area (Å²) in [5.74, 6) is -0.311. The molecule has 1 aliphatic rings. The minimum Gasteiger partial charge on any atom is -0.361 e. The fourth-order valence-corrected chi connectivity index (χ4v) is 6.08. The van der Waals surface area contributed by atoms with E-state index in [9.17, 15) is 9.18 Å². The van der Waals surface area contributed by atoms with Gasteiger partial charge in [0.1, 0.15) is 80.1 Å². The molecule has 0 atom stereocenters. The van der Waals surface area contributed by atoms with Gasteiger partial charge in [-0.25, -0.2) is 18.7 Å². The van der Waals surface area contributed by atoms with E-state index in [1.807, 2.05) is 75.2 Å². The Labute approximate surface area is 240 Å². The van der Waals surface area contributed by atoms with Crippen molar-refractivity contribution in [2.24, 2.45) is 0 Å². The summed E-state index contributed by atoms with van der Waals surface area (Å²) in [6.45, 7) is 0.370. The zero-order chi connectivity index (χ0) is 29.1. The lowest BCUT2D eigenvalue weighted by Gasteiger charge is -2.74. The molecule has 1 amide bonds. The summed E-state index contributed by atoms with van der Waals surface area (Å²) in [6, 6.07) is 3.96. The van der Waals surface area contributed by atoms with E-state index >= 15 is 4.39 Å². The minimum absolute atomic E-state index is 0.0502. The van der Waals surface area contributed by atoms with E-state index in [1.165, 1.54) is 18.2 Å². The molecule has 0 bridgehead atoms. The van der Waals surface area contributed by atoms with Gasteiger partial charge in [0.25, 0.3) is 5.91 Å². The molecule has 0 saturated carbocycles. The maximum Gasteiger partial charge on any atom is 0.252 e. The summed E-state index contributed by atoms with van der Waals surface area (Å²) in [6.07, 6.45) is 3.64. The Morgan fingerprint density at radius 2 is 1.47 bits per heavy atom. The Morgan fingerprint density at radius 1 is 0.974 bits per heavy atom. The van der Waals surface area contributed by atoms with Crippen molar-refractivity contribution < 1.29 is 13.6 Å². The highest BCUT2D eigenvalue weighted by Gasteiger charge is 2.71. The number of piperidine rings is 1. The lowest BCUT2D eigenvalue weighted by atomic mass is 9.15. The van der Waals surface area contributed by atoms with Crippen molar-refractivity contribution in [3.8, 4) is 0 Å². The van der Waals surface area contributed by atoms with Crippen LogP contribution in [0, 0.1) is 5.82 Å². The first-order chi connectivity index (χ1) is 17.1. The molecule has 5 nitrogen and oxygen atoms in total. The highest BCUT2D eigenvalue weighted by atomic mass is 35.5. The molecule has 1 aliphatic heterocycles. The van der Waals surface area contributed by atoms with Crippen LogP contribution in [0.4, 0.5) is 8.78 Å². The second-order valence-corrected chi connectivity index (χ2v) is 14.1. The molecule has 2 heterocycles. The Hall–Kier alpha value is -1.41. The van der Waals surface area contributed by atoms with Crippen molar-refractivity contribution >= 4 is 104 Å². The van der Waals surface area contributed by atoms with Crippen molar-refractivity contribution in [3.63, 3.8) is 0 Å². The van der Waals surface area contributed by atoms with Crippen molar-refractivity contribution in [1.82, 2.24) is 20.2 Å². The average molecular weight is 525 g/mol. The predicted octanol–water partition coefficient (Wildman–Crippen LogP) is -8.16. The Morgan fingerprint density at radius 3 is 1.92 bits per heavy atom.